The van der Waals surface area contributed by atoms with E-state index in [0.29, 0.717) is 0 Å². The van der Waals surface area contributed by atoms with Crippen LogP contribution in [-0.4, -0.2) is 55.1 Å². The minimum Gasteiger partial charge on any atom is -0.393 e. The lowest BCUT2D eigenvalue weighted by Gasteiger charge is -2.27. The maximum absolute atomic E-state index is 9.46. The molecule has 2 N–H and O–H groups in total. The van der Waals surface area contributed by atoms with Crippen molar-refractivity contribution >= 4 is 7.85 Å². The zero-order valence-corrected chi connectivity index (χ0v) is 5.93. The summed E-state index contributed by atoms with van der Waals surface area (Å²) in [4.78, 5) is 0. The normalized spacial score (nSPS) is 55.3. The topological polar surface area (TPSA) is 58.9 Å². The van der Waals surface area contributed by atoms with Crippen LogP contribution in [0.1, 0.15) is 0 Å². The quantitative estimate of drug-likeness (QED) is 0.431. The van der Waals surface area contributed by atoms with Gasteiger partial charge in [-0.25, -0.2) is 0 Å². The van der Waals surface area contributed by atoms with Gasteiger partial charge < -0.3 is 19.7 Å². The molecule has 4 nitrogen and oxygen atoms in total. The molecule has 4 atom stereocenters. The summed E-state index contributed by atoms with van der Waals surface area (Å²) in [5.41, 5.74) is -0.954. The zero-order valence-electron chi connectivity index (χ0n) is 5.93. The fourth-order valence-corrected chi connectivity index (χ4v) is 1.61. The van der Waals surface area contributed by atoms with E-state index in [1.54, 1.807) is 0 Å². The molecule has 0 unspecified atom stereocenters. The number of hydrogen-bond donors (Lipinski definition) is 2. The van der Waals surface area contributed by atoms with Gasteiger partial charge in [0.2, 0.25) is 0 Å². The SMILES string of the molecule is [B][C@@H]1O[C@@]2(CO)CO[C@@H]1[C@@H]2O. The van der Waals surface area contributed by atoms with Gasteiger partial charge in [0.1, 0.15) is 25.7 Å². The highest BCUT2D eigenvalue weighted by Gasteiger charge is 2.58. The van der Waals surface area contributed by atoms with Crippen LogP contribution in [0.2, 0.25) is 0 Å². The minimum absolute atomic E-state index is 0.225. The third-order valence-electron chi connectivity index (χ3n) is 2.33. The first-order chi connectivity index (χ1) is 5.19. The van der Waals surface area contributed by atoms with Gasteiger partial charge in [-0.15, -0.1) is 0 Å². The van der Waals surface area contributed by atoms with Crippen LogP contribution in [0.4, 0.5) is 0 Å². The number of aliphatic hydroxyl groups is 2. The Hall–Kier alpha value is -0.0951. The third-order valence-corrected chi connectivity index (χ3v) is 2.33. The number of hydrogen-bond acceptors (Lipinski definition) is 4. The molecule has 0 aromatic heterocycles. The summed E-state index contributed by atoms with van der Waals surface area (Å²) in [5.74, 6) is 0. The van der Waals surface area contributed by atoms with Crippen LogP contribution < -0.4 is 0 Å². The summed E-state index contributed by atoms with van der Waals surface area (Å²) < 4.78 is 10.3. The largest absolute Gasteiger partial charge is 0.393 e. The van der Waals surface area contributed by atoms with Gasteiger partial charge in [-0.05, 0) is 0 Å². The highest BCUT2D eigenvalue weighted by atomic mass is 16.6. The van der Waals surface area contributed by atoms with E-state index in [0.717, 1.165) is 0 Å². The number of fused-ring (bicyclic) bond motifs is 2. The predicted octanol–water partition coefficient (Wildman–Crippen LogP) is -2.00. The fraction of sp³-hybridized carbons (Fsp3) is 1.00. The van der Waals surface area contributed by atoms with E-state index < -0.39 is 23.8 Å². The van der Waals surface area contributed by atoms with E-state index >= 15 is 0 Å². The molecule has 2 rings (SSSR count). The molecule has 0 aliphatic carbocycles. The third kappa shape index (κ3) is 0.795. The highest BCUT2D eigenvalue weighted by molar-refractivity contribution is 6.11. The lowest BCUT2D eigenvalue weighted by Crippen LogP contribution is -2.44. The summed E-state index contributed by atoms with van der Waals surface area (Å²) in [6.07, 6.45) is -1.26. The molecular weight excluding hydrogens is 147 g/mol. The van der Waals surface area contributed by atoms with E-state index in [9.17, 15) is 5.11 Å². The highest BCUT2D eigenvalue weighted by Crippen LogP contribution is 2.38. The predicted molar refractivity (Wildman–Crippen MR) is 36.2 cm³/mol. The van der Waals surface area contributed by atoms with Gasteiger partial charge in [-0.2, -0.15) is 0 Å². The lowest BCUT2D eigenvalue weighted by molar-refractivity contribution is -0.136. The van der Waals surface area contributed by atoms with Gasteiger partial charge in [0, 0.05) is 6.00 Å². The fourth-order valence-electron chi connectivity index (χ4n) is 1.61. The molecule has 2 saturated heterocycles. The molecule has 2 heterocycles. The molecule has 60 valence electrons. The molecule has 2 fully saturated rings. The van der Waals surface area contributed by atoms with Gasteiger partial charge >= 0.3 is 0 Å². The molecule has 5 heteroatoms. The first-order valence-electron chi connectivity index (χ1n) is 3.53. The van der Waals surface area contributed by atoms with Gasteiger partial charge in [0.15, 0.2) is 0 Å². The Morgan fingerprint density at radius 1 is 1.64 bits per heavy atom. The second-order valence-corrected chi connectivity index (χ2v) is 3.03. The Balaban J connectivity index is 2.24. The first kappa shape index (κ1) is 7.55. The summed E-state index contributed by atoms with van der Waals surface area (Å²) >= 11 is 0. The van der Waals surface area contributed by atoms with Crippen molar-refractivity contribution in [3.63, 3.8) is 0 Å². The van der Waals surface area contributed by atoms with Crippen LogP contribution in [0, 0.1) is 0 Å². The Morgan fingerprint density at radius 3 is 2.64 bits per heavy atom. The average Bonchev–Trinajstić information content (AvgIpc) is 2.42. The molecule has 11 heavy (non-hydrogen) atoms. The summed E-state index contributed by atoms with van der Waals surface area (Å²) in [7, 11) is 5.45. The van der Waals surface area contributed by atoms with Crippen molar-refractivity contribution in [3.8, 4) is 0 Å². The van der Waals surface area contributed by atoms with E-state index in [2.05, 4.69) is 0 Å². The van der Waals surface area contributed by atoms with Crippen molar-refractivity contribution < 1.29 is 19.7 Å². The number of ether oxygens (including phenoxy) is 2. The van der Waals surface area contributed by atoms with Crippen LogP contribution in [0.3, 0.4) is 0 Å². The maximum Gasteiger partial charge on any atom is 0.142 e. The van der Waals surface area contributed by atoms with E-state index in [-0.39, 0.29) is 13.2 Å². The Labute approximate surface area is 65.5 Å². The van der Waals surface area contributed by atoms with Gasteiger partial charge in [0.25, 0.3) is 0 Å². The molecule has 2 aliphatic rings. The summed E-state index contributed by atoms with van der Waals surface area (Å²) in [6.45, 7) is -0.0264. The van der Waals surface area contributed by atoms with Crippen LogP contribution in [-0.2, 0) is 9.47 Å². The maximum atomic E-state index is 9.46. The molecule has 0 amide bonds. The zero-order chi connectivity index (χ0) is 8.06. The van der Waals surface area contributed by atoms with Crippen molar-refractivity contribution in [3.05, 3.63) is 0 Å². The van der Waals surface area contributed by atoms with Crippen LogP contribution in [0.15, 0.2) is 0 Å². The molecular formula is C6H9BO4. The monoisotopic (exact) mass is 156 g/mol. The molecule has 0 spiro atoms. The van der Waals surface area contributed by atoms with E-state index in [1.807, 2.05) is 0 Å². The Kier molecular flexibility index (Phi) is 1.51. The van der Waals surface area contributed by atoms with Crippen molar-refractivity contribution in [2.45, 2.75) is 23.8 Å². The molecule has 0 aromatic rings. The smallest absolute Gasteiger partial charge is 0.142 e. The van der Waals surface area contributed by atoms with Gasteiger partial charge in [0.05, 0.1) is 13.2 Å². The van der Waals surface area contributed by atoms with Crippen molar-refractivity contribution in [1.82, 2.24) is 0 Å². The molecule has 2 aliphatic heterocycles. The van der Waals surface area contributed by atoms with Crippen molar-refractivity contribution in [1.29, 1.82) is 0 Å². The lowest BCUT2D eigenvalue weighted by atomic mass is 9.92. The number of rotatable bonds is 1. The minimum atomic E-state index is -0.954. The molecule has 2 bridgehead atoms. The number of aliphatic hydroxyl groups excluding tert-OH is 2. The summed E-state index contributed by atoms with van der Waals surface area (Å²) in [6, 6.07) is -0.606. The van der Waals surface area contributed by atoms with Crippen LogP contribution >= 0.6 is 0 Å². The summed E-state index contributed by atoms with van der Waals surface area (Å²) in [5, 5.41) is 18.4. The second-order valence-electron chi connectivity index (χ2n) is 3.03. The molecule has 0 saturated carbocycles. The molecule has 0 aromatic carbocycles. The molecule has 2 radical (unpaired) electrons. The average molecular weight is 156 g/mol. The van der Waals surface area contributed by atoms with Gasteiger partial charge in [-0.1, -0.05) is 0 Å². The van der Waals surface area contributed by atoms with E-state index in [4.69, 9.17) is 22.4 Å². The van der Waals surface area contributed by atoms with E-state index in [1.165, 1.54) is 0 Å². The van der Waals surface area contributed by atoms with Crippen LogP contribution in [0.25, 0.3) is 0 Å². The standard InChI is InChI=1S/C6H9BO4/c7-5-3-4(9)6(1-8,11-5)2-10-3/h3-5,8-9H,1-2H2/t3-,4+,5-,6+/m1/s1. The van der Waals surface area contributed by atoms with Crippen molar-refractivity contribution in [2.75, 3.05) is 13.2 Å². The Morgan fingerprint density at radius 2 is 2.36 bits per heavy atom. The first-order valence-corrected chi connectivity index (χ1v) is 3.53. The van der Waals surface area contributed by atoms with Gasteiger partial charge in [-0.3, -0.25) is 0 Å². The van der Waals surface area contributed by atoms with Crippen molar-refractivity contribution in [2.24, 2.45) is 0 Å². The second kappa shape index (κ2) is 2.20. The Bertz CT molecular complexity index is 176. The van der Waals surface area contributed by atoms with Crippen LogP contribution in [0.5, 0.6) is 0 Å².